The second-order valence-corrected chi connectivity index (χ2v) is 13.2. The van der Waals surface area contributed by atoms with Crippen LogP contribution in [-0.4, -0.2) is 0 Å². The summed E-state index contributed by atoms with van der Waals surface area (Å²) in [7, 11) is 0. The van der Waals surface area contributed by atoms with Gasteiger partial charge in [-0.1, -0.05) is 188 Å². The molecule has 10 aromatic rings. The van der Waals surface area contributed by atoms with Gasteiger partial charge in [-0.05, 0) is 108 Å². The molecule has 0 bridgehead atoms. The van der Waals surface area contributed by atoms with E-state index >= 15 is 0 Å². The van der Waals surface area contributed by atoms with Crippen molar-refractivity contribution in [3.05, 3.63) is 224 Å². The normalized spacial score (nSPS) is 14.1. The molecule has 258 valence electrons. The van der Waals surface area contributed by atoms with E-state index in [4.69, 9.17) is 8.22 Å². The Bertz CT molecular complexity index is 3540. The monoisotopic (exact) mass is 710 g/mol. The first-order valence-electron chi connectivity index (χ1n) is 23.5. The van der Waals surface area contributed by atoms with Gasteiger partial charge in [-0.2, -0.15) is 0 Å². The molecule has 1 heteroatoms. The molecule has 55 heavy (non-hydrogen) atoms. The predicted octanol–water partition coefficient (Wildman–Crippen LogP) is 15.3. The van der Waals surface area contributed by atoms with E-state index in [0.29, 0.717) is 5.56 Å². The Kier molecular flexibility index (Phi) is 5.78. The van der Waals surface area contributed by atoms with Gasteiger partial charge in [0.2, 0.25) is 0 Å². The number of hydrogen-bond donors (Lipinski definition) is 0. The summed E-state index contributed by atoms with van der Waals surface area (Å²) in [5, 5.41) is 3.76. The Morgan fingerprint density at radius 3 is 1.53 bits per heavy atom. The lowest BCUT2D eigenvalue weighted by Crippen LogP contribution is -2.10. The average Bonchev–Trinajstić information content (AvgIpc) is 3.35. The van der Waals surface area contributed by atoms with Gasteiger partial charge < -0.3 is 4.90 Å². The van der Waals surface area contributed by atoms with E-state index in [0.717, 1.165) is 54.9 Å². The quantitative estimate of drug-likeness (QED) is 0.149. The fraction of sp³-hybridized carbons (Fsp3) is 0. The third-order valence-corrected chi connectivity index (χ3v) is 10.0. The van der Waals surface area contributed by atoms with Gasteiger partial charge in [-0.3, -0.25) is 0 Å². The van der Waals surface area contributed by atoms with Gasteiger partial charge in [0.05, 0.1) is 20.8 Å². The molecular weight excluding hydrogens is 663 g/mol. The summed E-state index contributed by atoms with van der Waals surface area (Å²) < 4.78 is 99.3. The van der Waals surface area contributed by atoms with E-state index in [-0.39, 0.29) is 45.5 Å². The van der Waals surface area contributed by atoms with Crippen molar-refractivity contribution >= 4 is 49.4 Å². The molecule has 0 unspecified atom stereocenters. The van der Waals surface area contributed by atoms with Crippen LogP contribution < -0.4 is 4.90 Å². The van der Waals surface area contributed by atoms with Gasteiger partial charge >= 0.3 is 0 Å². The molecular formula is C54H37N. The second kappa shape index (κ2) is 14.0. The lowest BCUT2D eigenvalue weighted by atomic mass is 9.84. The highest BCUT2D eigenvalue weighted by atomic mass is 15.1. The molecule has 0 N–H and O–H groups in total. The van der Waals surface area contributed by atoms with Crippen LogP contribution in [0.3, 0.4) is 0 Å². The van der Waals surface area contributed by atoms with Crippen LogP contribution >= 0.6 is 0 Å². The van der Waals surface area contributed by atoms with Gasteiger partial charge in [-0.15, -0.1) is 0 Å². The first kappa shape index (κ1) is 22.8. The highest BCUT2D eigenvalue weighted by Crippen LogP contribution is 2.46. The van der Waals surface area contributed by atoms with Crippen molar-refractivity contribution in [1.29, 1.82) is 0 Å². The Morgan fingerprint density at radius 2 is 0.836 bits per heavy atom. The van der Waals surface area contributed by atoms with Crippen molar-refractivity contribution < 1.29 is 15.1 Å². The van der Waals surface area contributed by atoms with Crippen LogP contribution in [0.2, 0.25) is 0 Å². The highest BCUT2D eigenvalue weighted by Gasteiger charge is 2.19. The second-order valence-electron chi connectivity index (χ2n) is 13.2. The summed E-state index contributed by atoms with van der Waals surface area (Å²) in [6, 6.07) is 45.2. The molecule has 1 nitrogen and oxygen atoms in total. The van der Waals surface area contributed by atoms with Gasteiger partial charge in [0.25, 0.3) is 0 Å². The van der Waals surface area contributed by atoms with Crippen LogP contribution in [0.1, 0.15) is 15.1 Å². The molecule has 0 aliphatic heterocycles. The number of benzene rings is 10. The maximum Gasteiger partial charge on any atom is 0.0645 e. The molecule has 0 heterocycles. The van der Waals surface area contributed by atoms with E-state index in [1.807, 2.05) is 54.6 Å². The van der Waals surface area contributed by atoms with E-state index in [1.54, 1.807) is 42.5 Å². The first-order valence-corrected chi connectivity index (χ1v) is 18.0. The van der Waals surface area contributed by atoms with Gasteiger partial charge in [0.15, 0.2) is 0 Å². The van der Waals surface area contributed by atoms with Crippen molar-refractivity contribution in [2.45, 2.75) is 0 Å². The minimum atomic E-state index is -0.631. The highest BCUT2D eigenvalue weighted by molar-refractivity contribution is 6.22. The molecule has 0 aliphatic rings. The maximum absolute atomic E-state index is 9.45. The summed E-state index contributed by atoms with van der Waals surface area (Å²) in [5.74, 6) is 0. The van der Waals surface area contributed by atoms with E-state index in [9.17, 15) is 6.85 Å². The molecule has 10 rings (SSSR count). The molecule has 0 spiro atoms. The predicted molar refractivity (Wildman–Crippen MR) is 235 cm³/mol. The van der Waals surface area contributed by atoms with E-state index in [2.05, 4.69) is 60.7 Å². The molecule has 10 aromatic carbocycles. The number of nitrogens with zero attached hydrogens (tertiary/aromatic N) is 1. The maximum atomic E-state index is 9.45. The molecule has 0 saturated heterocycles. The fourth-order valence-corrected chi connectivity index (χ4v) is 7.49. The van der Waals surface area contributed by atoms with Crippen molar-refractivity contribution in [2.75, 3.05) is 4.90 Å². The summed E-state index contributed by atoms with van der Waals surface area (Å²) in [4.78, 5) is 1.27. The molecule has 0 amide bonds. The molecule has 0 fully saturated rings. The Labute approximate surface area is 337 Å². The standard InChI is InChI=1S/C54H37N/c1-4-15-38(16-5-1)39-27-32-45(33-28-39)55(52-26-14-22-41-17-10-11-23-47(41)52)46-34-29-40(30-35-46)44-31-36-49-48-24-12-13-25-50(48)53(42-18-6-2-7-19-42)54(51(49)37-44)43-20-8-3-9-21-43/h1-37H/i10D,11D,14D,17D,22D,23D,26D,27D,28D,32D,33D. The minimum absolute atomic E-state index is 0.0552. The van der Waals surface area contributed by atoms with Crippen LogP contribution in [0.25, 0.3) is 76.8 Å². The van der Waals surface area contributed by atoms with Crippen LogP contribution in [0.5, 0.6) is 0 Å². The van der Waals surface area contributed by atoms with Gasteiger partial charge in [0, 0.05) is 16.8 Å². The summed E-state index contributed by atoms with van der Waals surface area (Å²) >= 11 is 0. The average molecular weight is 711 g/mol. The van der Waals surface area contributed by atoms with Crippen LogP contribution in [-0.2, 0) is 0 Å². The SMILES string of the molecule is [2H]c1c([2H])c(N(c2ccc(-c3ccc4c(c3)c(-c3ccccc3)c(-c3ccccc3)c3ccccc34)cc2)c2c([2H])c([2H])c([2H])c3c([2H])c([2H])c([2H])c([2H])c23)c([2H])c([2H])c1-c1ccccc1. The first-order chi connectivity index (χ1) is 31.9. The zero-order valence-electron chi connectivity index (χ0n) is 40.5. The van der Waals surface area contributed by atoms with Gasteiger partial charge in [-0.25, -0.2) is 0 Å². The molecule has 0 atom stereocenters. The zero-order valence-corrected chi connectivity index (χ0v) is 29.5. The van der Waals surface area contributed by atoms with Gasteiger partial charge in [0.1, 0.15) is 0 Å². The fourth-order valence-electron chi connectivity index (χ4n) is 7.49. The Hall–Kier alpha value is -7.22. The van der Waals surface area contributed by atoms with Crippen LogP contribution in [0, 0.1) is 0 Å². The van der Waals surface area contributed by atoms with Crippen molar-refractivity contribution in [3.63, 3.8) is 0 Å². The van der Waals surface area contributed by atoms with Crippen LogP contribution in [0.4, 0.5) is 17.1 Å². The third-order valence-electron chi connectivity index (χ3n) is 10.0. The number of rotatable bonds is 7. The summed E-state index contributed by atoms with van der Waals surface area (Å²) in [6.45, 7) is 0. The number of fused-ring (bicyclic) bond motifs is 4. The van der Waals surface area contributed by atoms with E-state index < -0.39 is 54.4 Å². The summed E-state index contributed by atoms with van der Waals surface area (Å²) in [6.07, 6.45) is 0. The molecule has 0 radical (unpaired) electrons. The molecule has 0 aliphatic carbocycles. The minimum Gasteiger partial charge on any atom is -0.310 e. The third kappa shape index (κ3) is 5.93. The Balaban J connectivity index is 1.23. The lowest BCUT2D eigenvalue weighted by Gasteiger charge is -2.27. The zero-order chi connectivity index (χ0) is 46.1. The Morgan fingerprint density at radius 1 is 0.309 bits per heavy atom. The largest absolute Gasteiger partial charge is 0.310 e. The molecule has 0 aromatic heterocycles. The topological polar surface area (TPSA) is 3.24 Å². The van der Waals surface area contributed by atoms with E-state index in [1.165, 1.54) is 4.90 Å². The smallest absolute Gasteiger partial charge is 0.0645 e. The lowest BCUT2D eigenvalue weighted by molar-refractivity contribution is 1.30. The van der Waals surface area contributed by atoms with Crippen LogP contribution in [0.15, 0.2) is 224 Å². The van der Waals surface area contributed by atoms with Crippen molar-refractivity contribution in [2.24, 2.45) is 0 Å². The summed E-state index contributed by atoms with van der Waals surface area (Å²) in [5.41, 5.74) is 6.14. The molecule has 0 saturated carbocycles. The number of anilines is 3. The van der Waals surface area contributed by atoms with Crippen molar-refractivity contribution in [3.8, 4) is 44.5 Å². The number of hydrogen-bond acceptors (Lipinski definition) is 1. The van der Waals surface area contributed by atoms with Crippen molar-refractivity contribution in [1.82, 2.24) is 0 Å².